The molecule has 0 atom stereocenters. The number of rotatable bonds is 3. The Balaban J connectivity index is 4.07. The highest BCUT2D eigenvalue weighted by Crippen LogP contribution is 2.30. The van der Waals surface area contributed by atoms with Crippen molar-refractivity contribution in [2.75, 3.05) is 0 Å². The summed E-state index contributed by atoms with van der Waals surface area (Å²) in [5, 5.41) is 18.1. The lowest BCUT2D eigenvalue weighted by Crippen LogP contribution is -2.18. The van der Waals surface area contributed by atoms with Crippen LogP contribution >= 0.6 is 0 Å². The second kappa shape index (κ2) is 4.63. The summed E-state index contributed by atoms with van der Waals surface area (Å²) < 4.78 is 31.7. The Bertz CT molecular complexity index is 686. The largest absolute Gasteiger partial charge is 0.478 e. The predicted octanol–water partition coefficient (Wildman–Crippen LogP) is 1.25. The molecule has 0 fully saturated rings. The summed E-state index contributed by atoms with van der Waals surface area (Å²) >= 11 is 0. The minimum atomic E-state index is -4.64. The zero-order valence-corrected chi connectivity index (χ0v) is 11.2. The van der Waals surface area contributed by atoms with E-state index in [1.165, 1.54) is 13.8 Å². The molecule has 0 heterocycles. The number of hydrogen-bond donors (Lipinski definition) is 3. The molecule has 0 aliphatic carbocycles. The zero-order chi connectivity index (χ0) is 15.1. The van der Waals surface area contributed by atoms with Gasteiger partial charge in [-0.2, -0.15) is 8.42 Å². The molecule has 0 saturated heterocycles. The molecule has 0 spiro atoms. The smallest absolute Gasteiger partial charge is 0.336 e. The van der Waals surface area contributed by atoms with Gasteiger partial charge in [0.25, 0.3) is 10.1 Å². The minimum absolute atomic E-state index is 0.0110. The van der Waals surface area contributed by atoms with Crippen molar-refractivity contribution in [2.24, 2.45) is 0 Å². The van der Waals surface area contributed by atoms with Crippen LogP contribution in [0.1, 0.15) is 37.4 Å². The lowest BCUT2D eigenvalue weighted by molar-refractivity contribution is 0.0649. The Morgan fingerprint density at radius 1 is 0.842 bits per heavy atom. The van der Waals surface area contributed by atoms with Crippen LogP contribution in [0.3, 0.4) is 0 Å². The average molecular weight is 288 g/mol. The molecule has 0 bridgehead atoms. The average Bonchev–Trinajstić information content (AvgIpc) is 2.19. The van der Waals surface area contributed by atoms with Crippen molar-refractivity contribution >= 4 is 22.1 Å². The van der Waals surface area contributed by atoms with E-state index in [4.69, 9.17) is 14.8 Å². The first-order valence-corrected chi connectivity index (χ1v) is 6.52. The number of hydrogen-bond acceptors (Lipinski definition) is 4. The van der Waals surface area contributed by atoms with Crippen LogP contribution < -0.4 is 0 Å². The first-order chi connectivity index (χ1) is 8.50. The van der Waals surface area contributed by atoms with Gasteiger partial charge in [-0.15, -0.1) is 0 Å². The molecule has 0 radical (unpaired) electrons. The fourth-order valence-corrected chi connectivity index (χ4v) is 3.08. The lowest BCUT2D eigenvalue weighted by Gasteiger charge is -2.16. The van der Waals surface area contributed by atoms with Gasteiger partial charge < -0.3 is 10.2 Å². The standard InChI is InChI=1S/C11H12O7S/c1-4-5(2)9(19(16,17)18)6(3)8(11(14)15)7(4)10(12)13/h1-3H3,(H,12,13)(H,14,15)(H,16,17,18). The highest BCUT2D eigenvalue weighted by Gasteiger charge is 2.29. The molecular weight excluding hydrogens is 276 g/mol. The van der Waals surface area contributed by atoms with Gasteiger partial charge in [0.2, 0.25) is 0 Å². The number of aromatic carboxylic acids is 2. The molecule has 1 aromatic carbocycles. The minimum Gasteiger partial charge on any atom is -0.478 e. The maximum atomic E-state index is 11.3. The van der Waals surface area contributed by atoms with Crippen LogP contribution in [-0.2, 0) is 10.1 Å². The molecule has 1 aromatic rings. The number of carbonyl (C=O) groups is 2. The molecule has 3 N–H and O–H groups in total. The van der Waals surface area contributed by atoms with Crippen LogP contribution in [0.15, 0.2) is 4.90 Å². The van der Waals surface area contributed by atoms with Gasteiger partial charge in [-0.1, -0.05) is 0 Å². The van der Waals surface area contributed by atoms with Gasteiger partial charge in [0.1, 0.15) is 4.90 Å². The second-order valence-electron chi connectivity index (χ2n) is 4.04. The molecule has 0 aliphatic rings. The maximum Gasteiger partial charge on any atom is 0.336 e. The van der Waals surface area contributed by atoms with Crippen LogP contribution in [0, 0.1) is 20.8 Å². The van der Waals surface area contributed by atoms with Crippen molar-refractivity contribution < 1.29 is 32.8 Å². The fraction of sp³-hybridized carbons (Fsp3) is 0.273. The van der Waals surface area contributed by atoms with E-state index < -0.39 is 38.1 Å². The molecule has 0 aromatic heterocycles. The molecular formula is C11H12O7S. The summed E-state index contributed by atoms with van der Waals surface area (Å²) in [6, 6.07) is 0. The summed E-state index contributed by atoms with van der Waals surface area (Å²) in [5.74, 6) is -3.04. The highest BCUT2D eigenvalue weighted by molar-refractivity contribution is 7.86. The summed E-state index contributed by atoms with van der Waals surface area (Å²) in [4.78, 5) is 21.7. The Morgan fingerprint density at radius 2 is 1.21 bits per heavy atom. The third-order valence-corrected chi connectivity index (χ3v) is 4.06. The Kier molecular flexibility index (Phi) is 3.69. The molecule has 1 rings (SSSR count). The van der Waals surface area contributed by atoms with Gasteiger partial charge in [0, 0.05) is 0 Å². The van der Waals surface area contributed by atoms with Gasteiger partial charge >= 0.3 is 11.9 Å². The summed E-state index contributed by atoms with van der Waals surface area (Å²) in [5.41, 5.74) is -1.40. The molecule has 0 unspecified atom stereocenters. The van der Waals surface area contributed by atoms with E-state index >= 15 is 0 Å². The Morgan fingerprint density at radius 3 is 1.53 bits per heavy atom. The molecule has 7 nitrogen and oxygen atoms in total. The van der Waals surface area contributed by atoms with E-state index in [0.717, 1.165) is 6.92 Å². The zero-order valence-electron chi connectivity index (χ0n) is 10.4. The van der Waals surface area contributed by atoms with E-state index in [-0.39, 0.29) is 16.7 Å². The van der Waals surface area contributed by atoms with E-state index in [9.17, 15) is 18.0 Å². The van der Waals surface area contributed by atoms with Gasteiger partial charge in [0.05, 0.1) is 11.1 Å². The van der Waals surface area contributed by atoms with Gasteiger partial charge in [-0.25, -0.2) is 9.59 Å². The normalized spacial score (nSPS) is 11.4. The van der Waals surface area contributed by atoms with Crippen LogP contribution in [0.25, 0.3) is 0 Å². The summed E-state index contributed by atoms with van der Waals surface area (Å²) in [6.07, 6.45) is 0. The third kappa shape index (κ3) is 2.45. The number of carboxylic acid groups (broad SMARTS) is 2. The summed E-state index contributed by atoms with van der Waals surface area (Å²) in [7, 11) is -4.64. The topological polar surface area (TPSA) is 129 Å². The highest BCUT2D eigenvalue weighted by atomic mass is 32.2. The Labute approximate surface area is 109 Å². The van der Waals surface area contributed by atoms with Crippen molar-refractivity contribution in [3.8, 4) is 0 Å². The number of benzene rings is 1. The second-order valence-corrected chi connectivity index (χ2v) is 5.40. The van der Waals surface area contributed by atoms with Crippen LogP contribution in [-0.4, -0.2) is 35.1 Å². The SMILES string of the molecule is Cc1c(C)c(S(=O)(=O)O)c(C)c(C(=O)O)c1C(=O)O. The molecule has 0 saturated carbocycles. The monoisotopic (exact) mass is 288 g/mol. The van der Waals surface area contributed by atoms with Gasteiger partial charge in [-0.3, -0.25) is 4.55 Å². The first kappa shape index (κ1) is 15.1. The Hall–Kier alpha value is -1.93. The van der Waals surface area contributed by atoms with Crippen molar-refractivity contribution in [3.05, 3.63) is 27.8 Å². The molecule has 0 amide bonds. The van der Waals surface area contributed by atoms with Crippen molar-refractivity contribution in [1.29, 1.82) is 0 Å². The van der Waals surface area contributed by atoms with Gasteiger partial charge in [0.15, 0.2) is 0 Å². The molecule has 8 heteroatoms. The van der Waals surface area contributed by atoms with E-state index in [1.807, 2.05) is 0 Å². The van der Waals surface area contributed by atoms with Gasteiger partial charge in [-0.05, 0) is 37.5 Å². The molecule has 0 aliphatic heterocycles. The first-order valence-electron chi connectivity index (χ1n) is 5.08. The van der Waals surface area contributed by atoms with Crippen LogP contribution in [0.4, 0.5) is 0 Å². The maximum absolute atomic E-state index is 11.3. The summed E-state index contributed by atoms with van der Waals surface area (Å²) in [6.45, 7) is 3.74. The number of carboxylic acids is 2. The third-order valence-electron chi connectivity index (χ3n) is 2.93. The van der Waals surface area contributed by atoms with E-state index in [1.54, 1.807) is 0 Å². The quantitative estimate of drug-likeness (QED) is 0.714. The van der Waals surface area contributed by atoms with Crippen molar-refractivity contribution in [1.82, 2.24) is 0 Å². The molecule has 104 valence electrons. The van der Waals surface area contributed by atoms with Crippen molar-refractivity contribution in [2.45, 2.75) is 25.7 Å². The van der Waals surface area contributed by atoms with Crippen LogP contribution in [0.2, 0.25) is 0 Å². The van der Waals surface area contributed by atoms with E-state index in [2.05, 4.69) is 0 Å². The van der Waals surface area contributed by atoms with Crippen molar-refractivity contribution in [3.63, 3.8) is 0 Å². The predicted molar refractivity (Wildman–Crippen MR) is 64.4 cm³/mol. The lowest BCUT2D eigenvalue weighted by atomic mass is 9.93. The van der Waals surface area contributed by atoms with E-state index in [0.29, 0.717) is 0 Å². The van der Waals surface area contributed by atoms with Crippen LogP contribution in [0.5, 0.6) is 0 Å². The molecule has 19 heavy (non-hydrogen) atoms. The fourth-order valence-electron chi connectivity index (χ4n) is 2.05.